The first kappa shape index (κ1) is 17.8. The molecule has 1 fully saturated rings. The Morgan fingerprint density at radius 3 is 2.60 bits per heavy atom. The number of aryl methyl sites for hydroxylation is 3. The highest BCUT2D eigenvalue weighted by Crippen LogP contribution is 2.25. The van der Waals surface area contributed by atoms with Gasteiger partial charge in [-0.2, -0.15) is 0 Å². The molecule has 134 valence electrons. The van der Waals surface area contributed by atoms with Crippen molar-refractivity contribution in [2.75, 3.05) is 0 Å². The molecule has 0 amide bonds. The summed E-state index contributed by atoms with van der Waals surface area (Å²) in [6.07, 6.45) is 2.10. The summed E-state index contributed by atoms with van der Waals surface area (Å²) in [5.41, 5.74) is 3.09. The first-order valence-corrected chi connectivity index (χ1v) is 8.97. The molecule has 1 heterocycles. The Labute approximate surface area is 149 Å². The second-order valence-corrected chi connectivity index (χ2v) is 6.95. The van der Waals surface area contributed by atoms with E-state index < -0.39 is 6.10 Å². The van der Waals surface area contributed by atoms with Crippen LogP contribution >= 0.6 is 0 Å². The summed E-state index contributed by atoms with van der Waals surface area (Å²) in [6, 6.07) is 9.93. The van der Waals surface area contributed by atoms with Crippen molar-refractivity contribution in [3.63, 3.8) is 0 Å². The number of aliphatic hydroxyl groups is 1. The van der Waals surface area contributed by atoms with E-state index in [0.29, 0.717) is 6.54 Å². The van der Waals surface area contributed by atoms with Crippen molar-refractivity contribution in [3.05, 3.63) is 53.1 Å². The highest BCUT2D eigenvalue weighted by atomic mass is 16.5. The number of ether oxygens (including phenoxy) is 1. The topological polar surface area (TPSA) is 67.3 Å². The Hall–Kier alpha value is -1.98. The van der Waals surface area contributed by atoms with Crippen molar-refractivity contribution >= 4 is 0 Å². The summed E-state index contributed by atoms with van der Waals surface area (Å²) in [6.45, 7) is 6.54. The first-order valence-electron chi connectivity index (χ1n) is 8.97. The van der Waals surface area contributed by atoms with Crippen LogP contribution in [0.3, 0.4) is 0 Å². The maximum absolute atomic E-state index is 10.7. The van der Waals surface area contributed by atoms with Crippen molar-refractivity contribution in [1.29, 1.82) is 0 Å². The SMILES string of the molecule is Cc1cccc(O[C@@H]2CCC[C@H](NCc3nc(C)cc(C)n3)[C@H]2O)c1. The van der Waals surface area contributed by atoms with E-state index in [-0.39, 0.29) is 12.1 Å². The number of aliphatic hydroxyl groups excluding tert-OH is 1. The molecule has 2 N–H and O–H groups in total. The molecule has 0 aliphatic heterocycles. The average molecular weight is 341 g/mol. The molecule has 0 radical (unpaired) electrons. The van der Waals surface area contributed by atoms with Crippen LogP contribution in [0.1, 0.15) is 42.0 Å². The Bertz CT molecular complexity index is 700. The molecule has 3 rings (SSSR count). The highest BCUT2D eigenvalue weighted by molar-refractivity contribution is 5.27. The molecule has 1 aromatic heterocycles. The van der Waals surface area contributed by atoms with Crippen LogP contribution in [0.5, 0.6) is 5.75 Å². The van der Waals surface area contributed by atoms with Gasteiger partial charge in [-0.15, -0.1) is 0 Å². The minimum absolute atomic E-state index is 0.00650. The lowest BCUT2D eigenvalue weighted by atomic mass is 9.90. The fourth-order valence-corrected chi connectivity index (χ4v) is 3.45. The van der Waals surface area contributed by atoms with Gasteiger partial charge in [-0.3, -0.25) is 0 Å². The van der Waals surface area contributed by atoms with Gasteiger partial charge in [-0.05, 0) is 63.8 Å². The van der Waals surface area contributed by atoms with Gasteiger partial charge in [0.05, 0.1) is 6.54 Å². The zero-order valence-corrected chi connectivity index (χ0v) is 15.2. The molecule has 0 unspecified atom stereocenters. The van der Waals surface area contributed by atoms with Crippen LogP contribution in [0, 0.1) is 20.8 Å². The smallest absolute Gasteiger partial charge is 0.142 e. The lowest BCUT2D eigenvalue weighted by Crippen LogP contribution is -2.51. The largest absolute Gasteiger partial charge is 0.488 e. The van der Waals surface area contributed by atoms with E-state index in [4.69, 9.17) is 4.74 Å². The summed E-state index contributed by atoms with van der Waals surface area (Å²) in [5.74, 6) is 1.59. The Morgan fingerprint density at radius 2 is 1.88 bits per heavy atom. The molecule has 0 spiro atoms. The number of rotatable bonds is 5. The van der Waals surface area contributed by atoms with Crippen molar-refractivity contribution in [1.82, 2.24) is 15.3 Å². The first-order chi connectivity index (χ1) is 12.0. The predicted octanol–water partition coefficient (Wildman–Crippen LogP) is 2.85. The third kappa shape index (κ3) is 4.77. The van der Waals surface area contributed by atoms with Gasteiger partial charge in [0.15, 0.2) is 0 Å². The van der Waals surface area contributed by atoms with Crippen molar-refractivity contribution in [2.45, 2.75) is 64.8 Å². The molecular formula is C20H27N3O2. The van der Waals surface area contributed by atoms with E-state index >= 15 is 0 Å². The fourth-order valence-electron chi connectivity index (χ4n) is 3.45. The van der Waals surface area contributed by atoms with Gasteiger partial charge < -0.3 is 15.2 Å². The molecule has 5 heteroatoms. The molecule has 1 saturated carbocycles. The van der Waals surface area contributed by atoms with Gasteiger partial charge in [-0.1, -0.05) is 12.1 Å². The number of hydrogen-bond acceptors (Lipinski definition) is 5. The van der Waals surface area contributed by atoms with Crippen LogP contribution < -0.4 is 10.1 Å². The molecule has 3 atom stereocenters. The summed E-state index contributed by atoms with van der Waals surface area (Å²) < 4.78 is 6.05. The molecule has 2 aromatic rings. The van der Waals surface area contributed by atoms with Gasteiger partial charge in [0, 0.05) is 17.4 Å². The zero-order chi connectivity index (χ0) is 17.8. The number of nitrogens with one attached hydrogen (secondary N) is 1. The van der Waals surface area contributed by atoms with Gasteiger partial charge >= 0.3 is 0 Å². The normalized spacial score (nSPS) is 23.4. The second kappa shape index (κ2) is 7.93. The maximum atomic E-state index is 10.7. The second-order valence-electron chi connectivity index (χ2n) is 6.95. The van der Waals surface area contributed by atoms with Crippen molar-refractivity contribution in [2.24, 2.45) is 0 Å². The van der Waals surface area contributed by atoms with Crippen LogP contribution in [0.25, 0.3) is 0 Å². The molecule has 0 bridgehead atoms. The summed E-state index contributed by atoms with van der Waals surface area (Å²) >= 11 is 0. The minimum Gasteiger partial charge on any atom is -0.488 e. The van der Waals surface area contributed by atoms with Gasteiger partial charge in [0.2, 0.25) is 0 Å². The third-order valence-electron chi connectivity index (χ3n) is 4.62. The number of benzene rings is 1. The van der Waals surface area contributed by atoms with Crippen LogP contribution in [-0.2, 0) is 6.54 Å². The minimum atomic E-state index is -0.542. The lowest BCUT2D eigenvalue weighted by Gasteiger charge is -2.35. The highest BCUT2D eigenvalue weighted by Gasteiger charge is 2.33. The van der Waals surface area contributed by atoms with E-state index in [2.05, 4.69) is 15.3 Å². The van der Waals surface area contributed by atoms with E-state index in [0.717, 1.165) is 47.8 Å². The maximum Gasteiger partial charge on any atom is 0.142 e. The van der Waals surface area contributed by atoms with Crippen molar-refractivity contribution < 1.29 is 9.84 Å². The summed E-state index contributed by atoms with van der Waals surface area (Å²) in [5, 5.41) is 14.1. The Morgan fingerprint density at radius 1 is 1.12 bits per heavy atom. The number of aromatic nitrogens is 2. The molecule has 1 aliphatic rings. The molecule has 0 saturated heterocycles. The van der Waals surface area contributed by atoms with Gasteiger partial charge in [-0.25, -0.2) is 9.97 Å². The zero-order valence-electron chi connectivity index (χ0n) is 15.2. The van der Waals surface area contributed by atoms with E-state index in [9.17, 15) is 5.11 Å². The van der Waals surface area contributed by atoms with E-state index in [1.807, 2.05) is 51.1 Å². The van der Waals surface area contributed by atoms with Crippen LogP contribution in [-0.4, -0.2) is 33.3 Å². The number of hydrogen-bond donors (Lipinski definition) is 2. The van der Waals surface area contributed by atoms with Gasteiger partial charge in [0.25, 0.3) is 0 Å². The molecular weight excluding hydrogens is 314 g/mol. The molecule has 1 aromatic carbocycles. The predicted molar refractivity (Wildman–Crippen MR) is 97.6 cm³/mol. The van der Waals surface area contributed by atoms with Crippen LogP contribution in [0.15, 0.2) is 30.3 Å². The lowest BCUT2D eigenvalue weighted by molar-refractivity contribution is -0.0159. The van der Waals surface area contributed by atoms with E-state index in [1.54, 1.807) is 0 Å². The monoisotopic (exact) mass is 341 g/mol. The summed E-state index contributed by atoms with van der Waals surface area (Å²) in [4.78, 5) is 8.91. The Balaban J connectivity index is 1.60. The molecule has 5 nitrogen and oxygen atoms in total. The number of nitrogens with zero attached hydrogens (tertiary/aromatic N) is 2. The van der Waals surface area contributed by atoms with Crippen LogP contribution in [0.2, 0.25) is 0 Å². The Kier molecular flexibility index (Phi) is 5.66. The average Bonchev–Trinajstić information content (AvgIpc) is 2.55. The quantitative estimate of drug-likeness (QED) is 0.875. The molecule has 1 aliphatic carbocycles. The fraction of sp³-hybridized carbons (Fsp3) is 0.500. The van der Waals surface area contributed by atoms with Crippen molar-refractivity contribution in [3.8, 4) is 5.75 Å². The summed E-state index contributed by atoms with van der Waals surface area (Å²) in [7, 11) is 0. The van der Waals surface area contributed by atoms with Crippen LogP contribution in [0.4, 0.5) is 0 Å². The molecule has 25 heavy (non-hydrogen) atoms. The van der Waals surface area contributed by atoms with E-state index in [1.165, 1.54) is 0 Å². The third-order valence-corrected chi connectivity index (χ3v) is 4.62. The standard InChI is InChI=1S/C20H27N3O2/c1-13-6-4-7-16(10-13)25-18-9-5-8-17(20(18)24)21-12-19-22-14(2)11-15(3)23-19/h4,6-7,10-11,17-18,20-21,24H,5,8-9,12H2,1-3H3/t17-,18+,20+/m0/s1. The van der Waals surface area contributed by atoms with Gasteiger partial charge in [0.1, 0.15) is 23.8 Å².